The third-order valence-corrected chi connectivity index (χ3v) is 4.24. The maximum absolute atomic E-state index is 12.2. The van der Waals surface area contributed by atoms with Crippen molar-refractivity contribution in [3.63, 3.8) is 0 Å². The zero-order chi connectivity index (χ0) is 12.5. The summed E-state index contributed by atoms with van der Waals surface area (Å²) in [6.45, 7) is 11.5. The van der Waals surface area contributed by atoms with E-state index in [0.717, 1.165) is 19.4 Å². The van der Waals surface area contributed by atoms with Crippen LogP contribution < -0.4 is 0 Å². The molecular formula is C12H24N2OS. The normalized spacial score (nSPS) is 32.2. The summed E-state index contributed by atoms with van der Waals surface area (Å²) in [4.78, 5) is 14.1. The van der Waals surface area contributed by atoms with Gasteiger partial charge in [0, 0.05) is 18.6 Å². The number of nitrogens with zero attached hydrogens (tertiary/aromatic N) is 2. The molecule has 0 saturated carbocycles. The lowest BCUT2D eigenvalue weighted by Gasteiger charge is -2.34. The lowest BCUT2D eigenvalue weighted by molar-refractivity contribution is 0.146. The Labute approximate surface area is 105 Å². The van der Waals surface area contributed by atoms with E-state index >= 15 is 0 Å². The van der Waals surface area contributed by atoms with E-state index in [1.807, 2.05) is 4.90 Å². The molecule has 1 rings (SSSR count). The number of hydrogen-bond acceptors (Lipinski definition) is 2. The third kappa shape index (κ3) is 2.65. The van der Waals surface area contributed by atoms with Gasteiger partial charge in [0.1, 0.15) is 0 Å². The molecule has 1 aliphatic heterocycles. The zero-order valence-corrected chi connectivity index (χ0v) is 11.9. The van der Waals surface area contributed by atoms with E-state index < -0.39 is 0 Å². The van der Waals surface area contributed by atoms with Crippen molar-refractivity contribution in [1.82, 2.24) is 9.21 Å². The highest BCUT2D eigenvalue weighted by atomic mass is 32.1. The van der Waals surface area contributed by atoms with E-state index in [4.69, 9.17) is 0 Å². The summed E-state index contributed by atoms with van der Waals surface area (Å²) >= 11 is 4.33. The average Bonchev–Trinajstić information content (AvgIpc) is 2.30. The summed E-state index contributed by atoms with van der Waals surface area (Å²) in [6.07, 6.45) is 2.11. The molecule has 0 aliphatic carbocycles. The van der Waals surface area contributed by atoms with Crippen LogP contribution in [0.1, 0.15) is 47.5 Å². The third-order valence-electron chi connectivity index (χ3n) is 3.68. The van der Waals surface area contributed by atoms with Crippen molar-refractivity contribution in [2.45, 2.75) is 59.5 Å². The maximum atomic E-state index is 12.2. The van der Waals surface area contributed by atoms with Crippen LogP contribution >= 0.6 is 12.8 Å². The van der Waals surface area contributed by atoms with Gasteiger partial charge in [0.05, 0.1) is 0 Å². The van der Waals surface area contributed by atoms with Gasteiger partial charge in [-0.1, -0.05) is 26.7 Å². The van der Waals surface area contributed by atoms with Crippen molar-refractivity contribution in [3.8, 4) is 0 Å². The van der Waals surface area contributed by atoms with Gasteiger partial charge in [0.15, 0.2) is 0 Å². The molecule has 2 atom stereocenters. The molecule has 1 saturated heterocycles. The average molecular weight is 244 g/mol. The van der Waals surface area contributed by atoms with Gasteiger partial charge < -0.3 is 4.90 Å². The molecule has 3 nitrogen and oxygen atoms in total. The van der Waals surface area contributed by atoms with Crippen molar-refractivity contribution in [1.29, 1.82) is 0 Å². The molecule has 2 amide bonds. The molecule has 0 bridgehead atoms. The fourth-order valence-corrected chi connectivity index (χ4v) is 2.52. The van der Waals surface area contributed by atoms with Gasteiger partial charge >= 0.3 is 6.03 Å². The molecule has 1 fully saturated rings. The maximum Gasteiger partial charge on any atom is 0.330 e. The number of thiol groups is 1. The number of carbonyl (C=O) groups excluding carboxylic acids is 1. The van der Waals surface area contributed by atoms with Crippen molar-refractivity contribution in [2.24, 2.45) is 5.41 Å². The van der Waals surface area contributed by atoms with Crippen LogP contribution in [0.15, 0.2) is 0 Å². The van der Waals surface area contributed by atoms with Crippen LogP contribution in [0.3, 0.4) is 0 Å². The van der Waals surface area contributed by atoms with Crippen LogP contribution in [0, 0.1) is 5.41 Å². The fraction of sp³-hybridized carbons (Fsp3) is 0.917. The first-order valence-electron chi connectivity index (χ1n) is 6.09. The molecule has 0 radical (unpaired) electrons. The SMILES string of the molecule is CCC1(C)CC(C)N(S)C(=O)N(C(C)C)C1. The molecule has 0 aromatic carbocycles. The summed E-state index contributed by atoms with van der Waals surface area (Å²) in [5, 5.41) is 0. The van der Waals surface area contributed by atoms with Crippen LogP contribution in [0.4, 0.5) is 4.79 Å². The standard InChI is InChI=1S/C12H24N2OS/c1-6-12(5)7-10(4)14(16)11(15)13(8-12)9(2)3/h9-10,16H,6-8H2,1-5H3. The molecule has 0 N–H and O–H groups in total. The smallest absolute Gasteiger partial charge is 0.321 e. The van der Waals surface area contributed by atoms with Gasteiger partial charge in [-0.05, 0) is 39.0 Å². The van der Waals surface area contributed by atoms with E-state index in [1.165, 1.54) is 0 Å². The van der Waals surface area contributed by atoms with Gasteiger partial charge in [-0.15, -0.1) is 0 Å². The number of urea groups is 1. The van der Waals surface area contributed by atoms with E-state index in [0.29, 0.717) is 0 Å². The van der Waals surface area contributed by atoms with Gasteiger partial charge in [-0.2, -0.15) is 0 Å². The van der Waals surface area contributed by atoms with Crippen LogP contribution in [0.25, 0.3) is 0 Å². The predicted molar refractivity (Wildman–Crippen MR) is 70.5 cm³/mol. The van der Waals surface area contributed by atoms with Gasteiger partial charge in [0.25, 0.3) is 0 Å². The Morgan fingerprint density at radius 3 is 2.56 bits per heavy atom. The van der Waals surface area contributed by atoms with E-state index in [9.17, 15) is 4.79 Å². The lowest BCUT2D eigenvalue weighted by Crippen LogP contribution is -2.45. The molecule has 0 aromatic rings. The Bertz CT molecular complexity index is 270. The topological polar surface area (TPSA) is 23.6 Å². The number of hydrogen-bond donors (Lipinski definition) is 1. The summed E-state index contributed by atoms with van der Waals surface area (Å²) in [5.74, 6) is 0. The minimum absolute atomic E-state index is 0.0445. The zero-order valence-electron chi connectivity index (χ0n) is 11.0. The molecular weight excluding hydrogens is 220 g/mol. The highest BCUT2D eigenvalue weighted by molar-refractivity contribution is 7.78. The molecule has 2 unspecified atom stereocenters. The minimum Gasteiger partial charge on any atom is -0.321 e. The highest BCUT2D eigenvalue weighted by Crippen LogP contribution is 2.35. The summed E-state index contributed by atoms with van der Waals surface area (Å²) in [6, 6.07) is 0.478. The van der Waals surface area contributed by atoms with Crippen molar-refractivity contribution >= 4 is 18.8 Å². The number of amides is 2. The summed E-state index contributed by atoms with van der Waals surface area (Å²) in [5.41, 5.74) is 0.205. The van der Waals surface area contributed by atoms with E-state index in [2.05, 4.69) is 47.4 Å². The van der Waals surface area contributed by atoms with Crippen LogP contribution in [0.2, 0.25) is 0 Å². The second-order valence-corrected chi connectivity index (χ2v) is 6.00. The quantitative estimate of drug-likeness (QED) is 0.741. The van der Waals surface area contributed by atoms with Crippen LogP contribution in [0.5, 0.6) is 0 Å². The molecule has 0 spiro atoms. The Balaban J connectivity index is 2.99. The predicted octanol–water partition coefficient (Wildman–Crippen LogP) is 3.17. The van der Waals surface area contributed by atoms with Crippen LogP contribution in [-0.2, 0) is 0 Å². The van der Waals surface area contributed by atoms with Gasteiger partial charge in [-0.25, -0.2) is 4.79 Å². The largest absolute Gasteiger partial charge is 0.330 e. The van der Waals surface area contributed by atoms with Crippen molar-refractivity contribution < 1.29 is 4.79 Å². The fourth-order valence-electron chi connectivity index (χ4n) is 2.32. The molecule has 16 heavy (non-hydrogen) atoms. The Hall–Kier alpha value is -0.380. The first-order chi connectivity index (χ1) is 7.30. The molecule has 4 heteroatoms. The lowest BCUT2D eigenvalue weighted by atomic mass is 9.81. The first kappa shape index (κ1) is 13.7. The number of carbonyl (C=O) groups is 1. The van der Waals surface area contributed by atoms with E-state index in [-0.39, 0.29) is 23.5 Å². The van der Waals surface area contributed by atoms with Gasteiger partial charge in [0.2, 0.25) is 0 Å². The Kier molecular flexibility index (Phi) is 4.16. The Morgan fingerprint density at radius 2 is 2.12 bits per heavy atom. The molecule has 1 heterocycles. The number of rotatable bonds is 2. The van der Waals surface area contributed by atoms with Crippen molar-refractivity contribution in [2.75, 3.05) is 6.54 Å². The second-order valence-electron chi connectivity index (χ2n) is 5.57. The van der Waals surface area contributed by atoms with Crippen molar-refractivity contribution in [3.05, 3.63) is 0 Å². The second kappa shape index (κ2) is 4.86. The molecule has 94 valence electrons. The molecule has 0 aromatic heterocycles. The highest BCUT2D eigenvalue weighted by Gasteiger charge is 2.38. The Morgan fingerprint density at radius 1 is 1.56 bits per heavy atom. The first-order valence-corrected chi connectivity index (χ1v) is 6.49. The monoisotopic (exact) mass is 244 g/mol. The van der Waals surface area contributed by atoms with Crippen LogP contribution in [-0.4, -0.2) is 33.9 Å². The summed E-state index contributed by atoms with van der Waals surface area (Å²) < 4.78 is 1.58. The van der Waals surface area contributed by atoms with E-state index in [1.54, 1.807) is 4.31 Å². The summed E-state index contributed by atoms with van der Waals surface area (Å²) in [7, 11) is 0. The molecule has 1 aliphatic rings. The van der Waals surface area contributed by atoms with Gasteiger partial charge in [-0.3, -0.25) is 4.31 Å². The minimum atomic E-state index is 0.0445.